The Balaban J connectivity index is 0.00000200. The number of hydrogen-bond acceptors (Lipinski definition) is 2. The van der Waals surface area contributed by atoms with Crippen molar-refractivity contribution in [1.82, 2.24) is 6.15 Å². The van der Waals surface area contributed by atoms with Crippen LogP contribution in [-0.4, -0.2) is 5.11 Å². The molecule has 2 nitrogen and oxygen atoms in total. The second-order valence-electron chi connectivity index (χ2n) is 4.83. The van der Waals surface area contributed by atoms with E-state index in [1.807, 2.05) is 6.92 Å². The minimum absolute atomic E-state index is 0. The molecule has 0 aliphatic carbocycles. The SMILES string of the molecule is CCC(C)(O)c1ccc(-c2ccc(F)cc2F)cc1.N. The van der Waals surface area contributed by atoms with Gasteiger partial charge >= 0.3 is 0 Å². The first-order valence-corrected chi connectivity index (χ1v) is 6.22. The number of rotatable bonds is 3. The molecule has 20 heavy (non-hydrogen) atoms. The summed E-state index contributed by atoms with van der Waals surface area (Å²) in [6.45, 7) is 3.63. The fourth-order valence-electron chi connectivity index (χ4n) is 1.94. The Morgan fingerprint density at radius 2 is 1.65 bits per heavy atom. The summed E-state index contributed by atoms with van der Waals surface area (Å²) in [6.07, 6.45) is 0.595. The van der Waals surface area contributed by atoms with Crippen molar-refractivity contribution in [3.8, 4) is 11.1 Å². The Kier molecular flexibility index (Phi) is 4.98. The van der Waals surface area contributed by atoms with E-state index in [-0.39, 0.29) is 6.15 Å². The van der Waals surface area contributed by atoms with Crippen molar-refractivity contribution in [3.63, 3.8) is 0 Å². The van der Waals surface area contributed by atoms with E-state index in [4.69, 9.17) is 0 Å². The van der Waals surface area contributed by atoms with Crippen molar-refractivity contribution in [2.45, 2.75) is 25.9 Å². The van der Waals surface area contributed by atoms with Gasteiger partial charge in [-0.25, -0.2) is 8.78 Å². The molecule has 2 aromatic rings. The van der Waals surface area contributed by atoms with Crippen molar-refractivity contribution >= 4 is 0 Å². The van der Waals surface area contributed by atoms with Gasteiger partial charge < -0.3 is 11.3 Å². The third-order valence-corrected chi connectivity index (χ3v) is 3.44. The zero-order valence-electron chi connectivity index (χ0n) is 11.7. The van der Waals surface area contributed by atoms with Gasteiger partial charge in [0.05, 0.1) is 5.60 Å². The van der Waals surface area contributed by atoms with Crippen molar-refractivity contribution in [2.75, 3.05) is 0 Å². The van der Waals surface area contributed by atoms with Gasteiger partial charge in [0.25, 0.3) is 0 Å². The summed E-state index contributed by atoms with van der Waals surface area (Å²) < 4.78 is 26.5. The van der Waals surface area contributed by atoms with Crippen LogP contribution in [0.5, 0.6) is 0 Å². The first-order valence-electron chi connectivity index (χ1n) is 6.22. The lowest BCUT2D eigenvalue weighted by molar-refractivity contribution is 0.0531. The Morgan fingerprint density at radius 1 is 1.05 bits per heavy atom. The molecular formula is C16H19F2NO. The lowest BCUT2D eigenvalue weighted by Crippen LogP contribution is -2.19. The summed E-state index contributed by atoms with van der Waals surface area (Å²) in [7, 11) is 0. The molecule has 0 aliphatic heterocycles. The van der Waals surface area contributed by atoms with Gasteiger partial charge in [0.15, 0.2) is 0 Å². The summed E-state index contributed by atoms with van der Waals surface area (Å²) in [4.78, 5) is 0. The lowest BCUT2D eigenvalue weighted by atomic mass is 9.92. The van der Waals surface area contributed by atoms with E-state index >= 15 is 0 Å². The third kappa shape index (κ3) is 3.21. The zero-order chi connectivity index (χ0) is 14.0. The molecule has 1 atom stereocenters. The molecule has 0 radical (unpaired) electrons. The predicted molar refractivity (Wildman–Crippen MR) is 76.7 cm³/mol. The molecule has 1 unspecified atom stereocenters. The van der Waals surface area contributed by atoms with Gasteiger partial charge in [0.1, 0.15) is 11.6 Å². The van der Waals surface area contributed by atoms with Gasteiger partial charge in [-0.05, 0) is 36.6 Å². The van der Waals surface area contributed by atoms with Crippen LogP contribution in [0.15, 0.2) is 42.5 Å². The largest absolute Gasteiger partial charge is 0.385 e. The highest BCUT2D eigenvalue weighted by Crippen LogP contribution is 2.28. The standard InChI is InChI=1S/C16H16F2O.H3N/c1-3-16(2,19)12-6-4-11(5-7-12)14-9-8-13(17)10-15(14)18;/h4-10,19H,3H2,1-2H3;1H3. The molecule has 108 valence electrons. The van der Waals surface area contributed by atoms with Crippen molar-refractivity contribution in [3.05, 3.63) is 59.7 Å². The summed E-state index contributed by atoms with van der Waals surface area (Å²) in [5.74, 6) is -1.18. The summed E-state index contributed by atoms with van der Waals surface area (Å²) >= 11 is 0. The molecule has 0 fully saturated rings. The summed E-state index contributed by atoms with van der Waals surface area (Å²) in [5, 5.41) is 10.1. The van der Waals surface area contributed by atoms with Gasteiger partial charge in [-0.2, -0.15) is 0 Å². The highest BCUT2D eigenvalue weighted by molar-refractivity contribution is 5.64. The molecule has 0 saturated carbocycles. The van der Waals surface area contributed by atoms with Crippen LogP contribution in [0.1, 0.15) is 25.8 Å². The molecule has 2 aromatic carbocycles. The van der Waals surface area contributed by atoms with E-state index in [1.165, 1.54) is 12.1 Å². The molecule has 0 heterocycles. The molecular weight excluding hydrogens is 260 g/mol. The number of benzene rings is 2. The maximum atomic E-state index is 13.6. The van der Waals surface area contributed by atoms with Crippen molar-refractivity contribution in [1.29, 1.82) is 0 Å². The first-order chi connectivity index (χ1) is 8.94. The third-order valence-electron chi connectivity index (χ3n) is 3.44. The van der Waals surface area contributed by atoms with Crippen LogP contribution >= 0.6 is 0 Å². The minimum Gasteiger partial charge on any atom is -0.385 e. The maximum Gasteiger partial charge on any atom is 0.133 e. The first kappa shape index (κ1) is 16.3. The van der Waals surface area contributed by atoms with Gasteiger partial charge in [-0.1, -0.05) is 31.2 Å². The molecule has 0 spiro atoms. The Hall–Kier alpha value is -1.78. The molecule has 0 aliphatic rings. The van der Waals surface area contributed by atoms with Crippen molar-refractivity contribution < 1.29 is 13.9 Å². The lowest BCUT2D eigenvalue weighted by Gasteiger charge is -2.22. The number of hydrogen-bond donors (Lipinski definition) is 2. The Morgan fingerprint density at radius 3 is 2.15 bits per heavy atom. The molecule has 2 rings (SSSR count). The van der Waals surface area contributed by atoms with Crippen LogP contribution in [0.2, 0.25) is 0 Å². The summed E-state index contributed by atoms with van der Waals surface area (Å²) in [5.41, 5.74) is 0.901. The molecule has 4 heteroatoms. The van der Waals surface area contributed by atoms with Crippen LogP contribution < -0.4 is 6.15 Å². The zero-order valence-corrected chi connectivity index (χ0v) is 11.7. The molecule has 0 bridgehead atoms. The van der Waals surface area contributed by atoms with Crippen molar-refractivity contribution in [2.24, 2.45) is 0 Å². The highest BCUT2D eigenvalue weighted by atomic mass is 19.1. The monoisotopic (exact) mass is 279 g/mol. The topological polar surface area (TPSA) is 55.2 Å². The van der Waals surface area contributed by atoms with Crippen LogP contribution in [0.4, 0.5) is 8.78 Å². The molecule has 0 saturated heterocycles. The Bertz CT molecular complexity index is 580. The van der Waals surface area contributed by atoms with Gasteiger partial charge in [0.2, 0.25) is 0 Å². The van der Waals surface area contributed by atoms with E-state index in [9.17, 15) is 13.9 Å². The molecule has 4 N–H and O–H groups in total. The highest BCUT2D eigenvalue weighted by Gasteiger charge is 2.20. The van der Waals surface area contributed by atoms with Crippen LogP contribution in [0, 0.1) is 11.6 Å². The number of aliphatic hydroxyl groups is 1. The second kappa shape index (κ2) is 6.11. The quantitative estimate of drug-likeness (QED) is 0.874. The number of halogens is 2. The van der Waals surface area contributed by atoms with Gasteiger partial charge in [0, 0.05) is 11.6 Å². The fraction of sp³-hybridized carbons (Fsp3) is 0.250. The normalized spacial score (nSPS) is 13.4. The average molecular weight is 279 g/mol. The Labute approximate surface area is 117 Å². The van der Waals surface area contributed by atoms with E-state index in [0.717, 1.165) is 11.6 Å². The average Bonchev–Trinajstić information content (AvgIpc) is 2.39. The van der Waals surface area contributed by atoms with Crippen LogP contribution in [-0.2, 0) is 5.60 Å². The summed E-state index contributed by atoms with van der Waals surface area (Å²) in [6, 6.07) is 10.5. The van der Waals surface area contributed by atoms with E-state index in [2.05, 4.69) is 0 Å². The smallest absolute Gasteiger partial charge is 0.133 e. The molecule has 0 aromatic heterocycles. The predicted octanol–water partition coefficient (Wildman–Crippen LogP) is 4.41. The molecule has 0 amide bonds. The van der Waals surface area contributed by atoms with E-state index < -0.39 is 17.2 Å². The fourth-order valence-corrected chi connectivity index (χ4v) is 1.94. The van der Waals surface area contributed by atoms with Gasteiger partial charge in [-0.15, -0.1) is 0 Å². The maximum absolute atomic E-state index is 13.6. The van der Waals surface area contributed by atoms with E-state index in [0.29, 0.717) is 17.5 Å². The van der Waals surface area contributed by atoms with Crippen LogP contribution in [0.3, 0.4) is 0 Å². The van der Waals surface area contributed by atoms with Gasteiger partial charge in [-0.3, -0.25) is 0 Å². The minimum atomic E-state index is -0.889. The van der Waals surface area contributed by atoms with Crippen LogP contribution in [0.25, 0.3) is 11.1 Å². The van der Waals surface area contributed by atoms with E-state index in [1.54, 1.807) is 31.2 Å². The second-order valence-corrected chi connectivity index (χ2v) is 4.83.